The Kier molecular flexibility index (Phi) is 14.0. The number of hydrogen-bond donors (Lipinski definition) is 2. The molecule has 0 aliphatic carbocycles. The summed E-state index contributed by atoms with van der Waals surface area (Å²) in [6, 6.07) is 0. The SMILES string of the molecule is CCCCCCCCCCCCCCCP(O)(O)=S. The first kappa shape index (κ1) is 19.6. The minimum absolute atomic E-state index is 0.431. The van der Waals surface area contributed by atoms with Gasteiger partial charge in [0.05, 0.1) is 0 Å². The molecular weight excluding hydrogens is 275 g/mol. The van der Waals surface area contributed by atoms with Gasteiger partial charge < -0.3 is 9.79 Å². The Morgan fingerprint density at radius 1 is 0.632 bits per heavy atom. The molecule has 0 aromatic rings. The first-order valence-corrected chi connectivity index (χ1v) is 11.0. The van der Waals surface area contributed by atoms with E-state index in [0.717, 1.165) is 12.8 Å². The molecule has 19 heavy (non-hydrogen) atoms. The molecule has 0 rings (SSSR count). The van der Waals surface area contributed by atoms with Gasteiger partial charge in [0.2, 0.25) is 0 Å². The monoisotopic (exact) mass is 308 g/mol. The third-order valence-corrected chi connectivity index (χ3v) is 5.00. The molecule has 0 aliphatic heterocycles. The van der Waals surface area contributed by atoms with E-state index in [9.17, 15) is 0 Å². The molecule has 0 amide bonds. The summed E-state index contributed by atoms with van der Waals surface area (Å²) in [5, 5.41) is 0. The van der Waals surface area contributed by atoms with E-state index in [2.05, 4.69) is 18.7 Å². The number of rotatable bonds is 14. The molecule has 0 atom stereocenters. The molecule has 0 radical (unpaired) electrons. The van der Waals surface area contributed by atoms with Crippen LogP contribution in [-0.4, -0.2) is 15.9 Å². The van der Waals surface area contributed by atoms with Crippen LogP contribution in [0.5, 0.6) is 0 Å². The van der Waals surface area contributed by atoms with E-state index < -0.39 is 6.49 Å². The molecule has 0 unspecified atom stereocenters. The van der Waals surface area contributed by atoms with Crippen LogP contribution in [0.1, 0.15) is 90.4 Å². The van der Waals surface area contributed by atoms with E-state index in [0.29, 0.717) is 6.16 Å². The molecule has 2 nitrogen and oxygen atoms in total. The molecule has 0 saturated carbocycles. The second-order valence-electron chi connectivity index (χ2n) is 5.63. The maximum atomic E-state index is 9.08. The first-order chi connectivity index (χ1) is 9.06. The average molecular weight is 308 g/mol. The Bertz CT molecular complexity index is 228. The molecule has 116 valence electrons. The molecule has 4 heteroatoms. The van der Waals surface area contributed by atoms with E-state index in [1.807, 2.05) is 0 Å². The van der Waals surface area contributed by atoms with Crippen molar-refractivity contribution in [2.45, 2.75) is 90.4 Å². The molecule has 0 spiro atoms. The molecule has 0 fully saturated rings. The summed E-state index contributed by atoms with van der Waals surface area (Å²) in [5.41, 5.74) is 0. The molecule has 0 bridgehead atoms. The van der Waals surface area contributed by atoms with Gasteiger partial charge in [-0.3, -0.25) is 0 Å². The minimum Gasteiger partial charge on any atom is -0.345 e. The van der Waals surface area contributed by atoms with Crippen molar-refractivity contribution < 1.29 is 9.79 Å². The fourth-order valence-corrected chi connectivity index (χ4v) is 3.36. The molecule has 0 aromatic heterocycles. The second kappa shape index (κ2) is 13.5. The number of unbranched alkanes of at least 4 members (excludes halogenated alkanes) is 12. The lowest BCUT2D eigenvalue weighted by Gasteiger charge is -2.06. The van der Waals surface area contributed by atoms with Gasteiger partial charge in [-0.15, -0.1) is 0 Å². The highest BCUT2D eigenvalue weighted by atomic mass is 32.5. The summed E-state index contributed by atoms with van der Waals surface area (Å²) in [7, 11) is 0. The van der Waals surface area contributed by atoms with Crippen LogP contribution in [0, 0.1) is 0 Å². The summed E-state index contributed by atoms with van der Waals surface area (Å²) in [5.74, 6) is 0. The molecule has 0 heterocycles. The Balaban J connectivity index is 3.01. The van der Waals surface area contributed by atoms with Crippen LogP contribution in [0.25, 0.3) is 0 Å². The van der Waals surface area contributed by atoms with Gasteiger partial charge in [0.25, 0.3) is 0 Å². The van der Waals surface area contributed by atoms with Crippen LogP contribution in [-0.2, 0) is 11.8 Å². The van der Waals surface area contributed by atoms with Crippen molar-refractivity contribution in [2.75, 3.05) is 6.16 Å². The van der Waals surface area contributed by atoms with Crippen molar-refractivity contribution in [2.24, 2.45) is 0 Å². The largest absolute Gasteiger partial charge is 0.345 e. The first-order valence-electron chi connectivity index (χ1n) is 8.11. The van der Waals surface area contributed by atoms with Crippen LogP contribution in [0.2, 0.25) is 0 Å². The highest BCUT2D eigenvalue weighted by Crippen LogP contribution is 2.36. The van der Waals surface area contributed by atoms with Gasteiger partial charge in [-0.05, 0) is 18.2 Å². The zero-order valence-electron chi connectivity index (χ0n) is 12.6. The number of hydrogen-bond acceptors (Lipinski definition) is 1. The molecule has 2 N–H and O–H groups in total. The summed E-state index contributed by atoms with van der Waals surface area (Å²) in [6.07, 6.45) is 17.4. The molecular formula is C15H33O2PS. The zero-order chi connectivity index (χ0) is 14.4. The Hall–Kier alpha value is 0.570. The topological polar surface area (TPSA) is 40.5 Å². The maximum absolute atomic E-state index is 9.08. The van der Waals surface area contributed by atoms with E-state index in [1.165, 1.54) is 70.6 Å². The van der Waals surface area contributed by atoms with Crippen molar-refractivity contribution in [1.29, 1.82) is 0 Å². The highest BCUT2D eigenvalue weighted by Gasteiger charge is 2.05. The van der Waals surface area contributed by atoms with Crippen molar-refractivity contribution >= 4 is 18.3 Å². The van der Waals surface area contributed by atoms with Gasteiger partial charge in [0.1, 0.15) is 0 Å². The predicted octanol–water partition coefficient (Wildman–Crippen LogP) is 5.37. The van der Waals surface area contributed by atoms with Crippen molar-refractivity contribution in [3.05, 3.63) is 0 Å². The summed E-state index contributed by atoms with van der Waals surface area (Å²) in [4.78, 5) is 18.2. The lowest BCUT2D eigenvalue weighted by Crippen LogP contribution is -1.88. The van der Waals surface area contributed by atoms with Gasteiger partial charge in [0.15, 0.2) is 6.49 Å². The normalized spacial score (nSPS) is 11.9. The van der Waals surface area contributed by atoms with Crippen molar-refractivity contribution in [3.8, 4) is 0 Å². The Morgan fingerprint density at radius 2 is 0.947 bits per heavy atom. The molecule has 0 aromatic carbocycles. The van der Waals surface area contributed by atoms with Crippen LogP contribution in [0.4, 0.5) is 0 Å². The van der Waals surface area contributed by atoms with E-state index in [4.69, 9.17) is 9.79 Å². The van der Waals surface area contributed by atoms with Crippen molar-refractivity contribution in [1.82, 2.24) is 0 Å². The quantitative estimate of drug-likeness (QED) is 0.335. The summed E-state index contributed by atoms with van der Waals surface area (Å²) in [6.45, 7) is -0.653. The second-order valence-corrected chi connectivity index (χ2v) is 9.16. The summed E-state index contributed by atoms with van der Waals surface area (Å²) < 4.78 is 0. The van der Waals surface area contributed by atoms with E-state index in [1.54, 1.807) is 0 Å². The van der Waals surface area contributed by atoms with Gasteiger partial charge in [0, 0.05) is 6.16 Å². The van der Waals surface area contributed by atoms with Gasteiger partial charge >= 0.3 is 0 Å². The maximum Gasteiger partial charge on any atom is 0.183 e. The average Bonchev–Trinajstić information content (AvgIpc) is 2.34. The lowest BCUT2D eigenvalue weighted by molar-refractivity contribution is 0.473. The van der Waals surface area contributed by atoms with Crippen molar-refractivity contribution in [3.63, 3.8) is 0 Å². The zero-order valence-corrected chi connectivity index (χ0v) is 14.4. The van der Waals surface area contributed by atoms with Gasteiger partial charge in [-0.1, -0.05) is 84.0 Å². The van der Waals surface area contributed by atoms with Crippen LogP contribution in [0.15, 0.2) is 0 Å². The molecule has 0 aliphatic rings. The smallest absolute Gasteiger partial charge is 0.183 e. The highest BCUT2D eigenvalue weighted by molar-refractivity contribution is 8.09. The standard InChI is InChI=1S/C15H33O2PS/c1-2-3-4-5-6-7-8-9-10-11-12-13-14-15-18(16,17)19/h2-15H2,1H3,(H2,16,17,19). The van der Waals surface area contributed by atoms with Gasteiger partial charge in [-0.25, -0.2) is 0 Å². The van der Waals surface area contributed by atoms with E-state index >= 15 is 0 Å². The lowest BCUT2D eigenvalue weighted by atomic mass is 10.1. The fraction of sp³-hybridized carbons (Fsp3) is 1.00. The molecule has 0 saturated heterocycles. The van der Waals surface area contributed by atoms with Gasteiger partial charge in [-0.2, -0.15) is 0 Å². The third-order valence-electron chi connectivity index (χ3n) is 3.55. The summed E-state index contributed by atoms with van der Waals surface area (Å²) >= 11 is 4.59. The Morgan fingerprint density at radius 3 is 1.26 bits per heavy atom. The minimum atomic E-state index is -2.91. The predicted molar refractivity (Wildman–Crippen MR) is 89.3 cm³/mol. The van der Waals surface area contributed by atoms with Crippen LogP contribution >= 0.6 is 6.49 Å². The van der Waals surface area contributed by atoms with E-state index in [-0.39, 0.29) is 0 Å². The third kappa shape index (κ3) is 18.6. The van der Waals surface area contributed by atoms with Crippen LogP contribution in [0.3, 0.4) is 0 Å². The Labute approximate surface area is 125 Å². The van der Waals surface area contributed by atoms with Crippen LogP contribution < -0.4 is 0 Å². The fourth-order valence-electron chi connectivity index (χ4n) is 2.34.